The lowest BCUT2D eigenvalue weighted by Crippen LogP contribution is -2.26. The van der Waals surface area contributed by atoms with Crippen LogP contribution in [0.1, 0.15) is 12.8 Å². The zero-order valence-corrected chi connectivity index (χ0v) is 8.16. The van der Waals surface area contributed by atoms with Crippen molar-refractivity contribution in [1.29, 1.82) is 0 Å². The molecule has 0 aromatic rings. The molecule has 0 spiro atoms. The summed E-state index contributed by atoms with van der Waals surface area (Å²) >= 11 is 0. The SMILES string of the molecule is O=C1C2=CCCC1C#CC=CC#CC2O. The Hall–Kier alpha value is -1.77. The monoisotopic (exact) mass is 198 g/mol. The van der Waals surface area contributed by atoms with Gasteiger partial charge in [-0.3, -0.25) is 4.79 Å². The van der Waals surface area contributed by atoms with E-state index in [0.29, 0.717) is 5.57 Å². The number of aliphatic hydroxyl groups excluding tert-OH is 1. The Kier molecular flexibility index (Phi) is 2.72. The molecule has 2 atom stereocenters. The molecule has 15 heavy (non-hydrogen) atoms. The quantitative estimate of drug-likeness (QED) is 0.585. The van der Waals surface area contributed by atoms with Gasteiger partial charge in [-0.05, 0) is 25.0 Å². The first kappa shape index (κ1) is 9.77. The molecule has 2 aliphatic rings. The van der Waals surface area contributed by atoms with Gasteiger partial charge in [-0.15, -0.1) is 0 Å². The first-order chi connectivity index (χ1) is 7.29. The van der Waals surface area contributed by atoms with Gasteiger partial charge in [0.2, 0.25) is 0 Å². The zero-order valence-electron chi connectivity index (χ0n) is 8.16. The second kappa shape index (κ2) is 4.17. The minimum atomic E-state index is -0.968. The predicted molar refractivity (Wildman–Crippen MR) is 56.5 cm³/mol. The summed E-state index contributed by atoms with van der Waals surface area (Å²) in [6.45, 7) is 0. The van der Waals surface area contributed by atoms with Crippen molar-refractivity contribution in [3.63, 3.8) is 0 Å². The number of aliphatic hydroxyl groups is 1. The van der Waals surface area contributed by atoms with Crippen molar-refractivity contribution in [2.75, 3.05) is 0 Å². The van der Waals surface area contributed by atoms with Gasteiger partial charge in [0, 0.05) is 5.57 Å². The lowest BCUT2D eigenvalue weighted by molar-refractivity contribution is -0.118. The zero-order chi connectivity index (χ0) is 10.7. The third-order valence-corrected chi connectivity index (χ3v) is 2.44. The fourth-order valence-corrected chi connectivity index (χ4v) is 1.66. The summed E-state index contributed by atoms with van der Waals surface area (Å²) in [4.78, 5) is 11.8. The molecule has 0 radical (unpaired) electrons. The number of hydrogen-bond acceptors (Lipinski definition) is 2. The molecule has 74 valence electrons. The van der Waals surface area contributed by atoms with E-state index in [0.717, 1.165) is 12.8 Å². The summed E-state index contributed by atoms with van der Waals surface area (Å²) in [6.07, 6.45) is 5.51. The van der Waals surface area contributed by atoms with Gasteiger partial charge in [0.25, 0.3) is 0 Å². The van der Waals surface area contributed by atoms with Crippen LogP contribution >= 0.6 is 0 Å². The first-order valence-corrected chi connectivity index (χ1v) is 4.88. The second-order valence-corrected chi connectivity index (χ2v) is 3.47. The van der Waals surface area contributed by atoms with Crippen molar-refractivity contribution in [1.82, 2.24) is 0 Å². The average Bonchev–Trinajstić information content (AvgIpc) is 2.23. The summed E-state index contributed by atoms with van der Waals surface area (Å²) in [5.74, 6) is 10.6. The number of fused-ring (bicyclic) bond motifs is 2. The minimum absolute atomic E-state index is 0.0779. The van der Waals surface area contributed by atoms with Crippen molar-refractivity contribution in [3.8, 4) is 23.7 Å². The average molecular weight is 198 g/mol. The molecule has 0 saturated carbocycles. The lowest BCUT2D eigenvalue weighted by Gasteiger charge is -2.18. The molecule has 0 aromatic heterocycles. The molecule has 2 nitrogen and oxygen atoms in total. The Bertz CT molecular complexity index is 460. The van der Waals surface area contributed by atoms with E-state index >= 15 is 0 Å². The van der Waals surface area contributed by atoms with Crippen molar-refractivity contribution >= 4 is 5.78 Å². The molecule has 0 aliphatic heterocycles. The highest BCUT2D eigenvalue weighted by atomic mass is 16.3. The van der Waals surface area contributed by atoms with Gasteiger partial charge in [-0.25, -0.2) is 0 Å². The maximum Gasteiger partial charge on any atom is 0.177 e. The van der Waals surface area contributed by atoms with Crippen molar-refractivity contribution in [3.05, 3.63) is 23.8 Å². The largest absolute Gasteiger partial charge is 0.376 e. The number of carbonyl (C=O) groups excluding carboxylic acids is 1. The van der Waals surface area contributed by atoms with E-state index in [2.05, 4.69) is 23.7 Å². The second-order valence-electron chi connectivity index (χ2n) is 3.47. The summed E-state index contributed by atoms with van der Waals surface area (Å²) in [6, 6.07) is 0. The van der Waals surface area contributed by atoms with Crippen LogP contribution in [0, 0.1) is 29.6 Å². The van der Waals surface area contributed by atoms with Crippen molar-refractivity contribution in [2.24, 2.45) is 5.92 Å². The van der Waals surface area contributed by atoms with E-state index < -0.39 is 6.10 Å². The standard InChI is InChI=1S/C13H10O2/c14-12-9-4-2-1-3-6-10-7-5-8-11(12)13(10)15/h1-2,8,10,12,14H,5,7H2. The number of ketones is 1. The Balaban J connectivity index is 2.44. The molecular formula is C13H10O2. The highest BCUT2D eigenvalue weighted by molar-refractivity contribution is 6.01. The van der Waals surface area contributed by atoms with Crippen LogP contribution in [0.3, 0.4) is 0 Å². The molecule has 0 heterocycles. The fourth-order valence-electron chi connectivity index (χ4n) is 1.66. The van der Waals surface area contributed by atoms with Crippen LogP contribution in [-0.2, 0) is 4.79 Å². The summed E-state index contributed by atoms with van der Waals surface area (Å²) < 4.78 is 0. The Morgan fingerprint density at radius 1 is 1.27 bits per heavy atom. The molecule has 2 aliphatic carbocycles. The smallest absolute Gasteiger partial charge is 0.177 e. The van der Waals surface area contributed by atoms with Gasteiger partial charge in [0.1, 0.15) is 6.10 Å². The van der Waals surface area contributed by atoms with Crippen LogP contribution in [-0.4, -0.2) is 17.0 Å². The van der Waals surface area contributed by atoms with E-state index in [1.165, 1.54) is 0 Å². The molecule has 2 rings (SSSR count). The topological polar surface area (TPSA) is 37.3 Å². The van der Waals surface area contributed by atoms with Gasteiger partial charge < -0.3 is 5.11 Å². The van der Waals surface area contributed by atoms with Crippen LogP contribution in [0.15, 0.2) is 23.8 Å². The van der Waals surface area contributed by atoms with Crippen LogP contribution < -0.4 is 0 Å². The van der Waals surface area contributed by atoms with Gasteiger partial charge in [-0.1, -0.05) is 29.8 Å². The van der Waals surface area contributed by atoms with E-state index in [4.69, 9.17) is 0 Å². The van der Waals surface area contributed by atoms with E-state index in [1.807, 2.05) is 0 Å². The number of allylic oxidation sites excluding steroid dienone is 3. The number of hydrogen-bond donors (Lipinski definition) is 1. The third kappa shape index (κ3) is 2.01. The molecule has 0 aromatic carbocycles. The van der Waals surface area contributed by atoms with Crippen LogP contribution in [0.2, 0.25) is 0 Å². The Morgan fingerprint density at radius 3 is 2.80 bits per heavy atom. The summed E-state index contributed by atoms with van der Waals surface area (Å²) in [5.41, 5.74) is 0.406. The van der Waals surface area contributed by atoms with Gasteiger partial charge in [-0.2, -0.15) is 0 Å². The van der Waals surface area contributed by atoms with Crippen molar-refractivity contribution in [2.45, 2.75) is 18.9 Å². The lowest BCUT2D eigenvalue weighted by atomic mass is 9.85. The number of rotatable bonds is 0. The maximum absolute atomic E-state index is 11.8. The normalized spacial score (nSPS) is 28.1. The minimum Gasteiger partial charge on any atom is -0.376 e. The molecule has 0 saturated heterocycles. The van der Waals surface area contributed by atoms with Gasteiger partial charge in [0.15, 0.2) is 5.78 Å². The van der Waals surface area contributed by atoms with Gasteiger partial charge in [0.05, 0.1) is 5.92 Å². The number of Topliss-reactive ketones (excluding diaryl/α,β-unsaturated/α-hetero) is 1. The van der Waals surface area contributed by atoms with Crippen LogP contribution in [0.5, 0.6) is 0 Å². The highest BCUT2D eigenvalue weighted by Crippen LogP contribution is 2.22. The fraction of sp³-hybridized carbons (Fsp3) is 0.308. The molecular weight excluding hydrogens is 188 g/mol. The predicted octanol–water partition coefficient (Wildman–Crippen LogP) is 0.829. The maximum atomic E-state index is 11.8. The van der Waals surface area contributed by atoms with Crippen molar-refractivity contribution < 1.29 is 9.90 Å². The Labute approximate surface area is 88.7 Å². The van der Waals surface area contributed by atoms with E-state index in [-0.39, 0.29) is 11.7 Å². The van der Waals surface area contributed by atoms with Gasteiger partial charge >= 0.3 is 0 Å². The molecule has 2 bridgehead atoms. The third-order valence-electron chi connectivity index (χ3n) is 2.44. The van der Waals surface area contributed by atoms with E-state index in [9.17, 15) is 9.90 Å². The summed E-state index contributed by atoms with van der Waals surface area (Å²) in [5, 5.41) is 9.67. The number of carbonyl (C=O) groups is 1. The van der Waals surface area contributed by atoms with E-state index in [1.54, 1.807) is 18.2 Å². The molecule has 0 amide bonds. The van der Waals surface area contributed by atoms with Crippen LogP contribution in [0.4, 0.5) is 0 Å². The molecule has 2 unspecified atom stereocenters. The molecule has 0 fully saturated rings. The van der Waals surface area contributed by atoms with Crippen LogP contribution in [0.25, 0.3) is 0 Å². The first-order valence-electron chi connectivity index (χ1n) is 4.88. The Morgan fingerprint density at radius 2 is 2.00 bits per heavy atom. The molecule has 2 heteroatoms. The summed E-state index contributed by atoms with van der Waals surface area (Å²) in [7, 11) is 0. The highest BCUT2D eigenvalue weighted by Gasteiger charge is 2.27. The molecule has 1 N–H and O–H groups in total.